The monoisotopic (exact) mass is 243 g/mol. The number of carbonyl (C=O) groups excluding carboxylic acids is 2. The summed E-state index contributed by atoms with van der Waals surface area (Å²) in [6.45, 7) is 2.86. The highest BCUT2D eigenvalue weighted by Crippen LogP contribution is 1.99. The second kappa shape index (κ2) is 6.07. The van der Waals surface area contributed by atoms with E-state index < -0.39 is 12.0 Å². The third-order valence-electron chi connectivity index (χ3n) is 2.45. The molecule has 0 aromatic rings. The van der Waals surface area contributed by atoms with E-state index in [2.05, 4.69) is 10.6 Å². The SMILES string of the molecule is CC(CC(=O)O)NC(=O)N1CCNC(=O)CC1. The number of amides is 3. The number of carboxylic acid groups (broad SMARTS) is 1. The average molecular weight is 243 g/mol. The van der Waals surface area contributed by atoms with E-state index in [1.165, 1.54) is 4.90 Å². The van der Waals surface area contributed by atoms with Crippen LogP contribution in [0.4, 0.5) is 4.79 Å². The molecular weight excluding hydrogens is 226 g/mol. The minimum atomic E-state index is -0.953. The number of carbonyl (C=O) groups is 3. The zero-order valence-corrected chi connectivity index (χ0v) is 9.73. The largest absolute Gasteiger partial charge is 0.481 e. The van der Waals surface area contributed by atoms with Gasteiger partial charge in [0, 0.05) is 32.1 Å². The highest BCUT2D eigenvalue weighted by atomic mass is 16.4. The molecule has 1 atom stereocenters. The maximum absolute atomic E-state index is 11.7. The lowest BCUT2D eigenvalue weighted by Crippen LogP contribution is -2.45. The van der Waals surface area contributed by atoms with Crippen molar-refractivity contribution >= 4 is 17.9 Å². The fourth-order valence-corrected chi connectivity index (χ4v) is 1.59. The van der Waals surface area contributed by atoms with Gasteiger partial charge in [-0.3, -0.25) is 9.59 Å². The summed E-state index contributed by atoms with van der Waals surface area (Å²) in [7, 11) is 0. The molecule has 1 aliphatic rings. The smallest absolute Gasteiger partial charge is 0.317 e. The van der Waals surface area contributed by atoms with Crippen LogP contribution >= 0.6 is 0 Å². The Morgan fingerprint density at radius 1 is 1.53 bits per heavy atom. The summed E-state index contributed by atoms with van der Waals surface area (Å²) < 4.78 is 0. The fourth-order valence-electron chi connectivity index (χ4n) is 1.59. The Bertz CT molecular complexity index is 319. The summed E-state index contributed by atoms with van der Waals surface area (Å²) in [6.07, 6.45) is 0.164. The van der Waals surface area contributed by atoms with Crippen LogP contribution in [-0.4, -0.2) is 53.6 Å². The molecule has 0 bridgehead atoms. The van der Waals surface area contributed by atoms with E-state index in [1.807, 2.05) is 0 Å². The molecule has 0 saturated carbocycles. The van der Waals surface area contributed by atoms with Crippen LogP contribution in [0.5, 0.6) is 0 Å². The molecule has 1 aliphatic heterocycles. The number of nitrogens with zero attached hydrogens (tertiary/aromatic N) is 1. The van der Waals surface area contributed by atoms with Gasteiger partial charge in [-0.25, -0.2) is 4.79 Å². The van der Waals surface area contributed by atoms with Crippen LogP contribution in [0.1, 0.15) is 19.8 Å². The lowest BCUT2D eigenvalue weighted by atomic mass is 10.2. The molecule has 0 aliphatic carbocycles. The summed E-state index contributed by atoms with van der Waals surface area (Å²) >= 11 is 0. The van der Waals surface area contributed by atoms with Gasteiger partial charge in [0.25, 0.3) is 0 Å². The number of nitrogens with one attached hydrogen (secondary N) is 2. The summed E-state index contributed by atoms with van der Waals surface area (Å²) in [5.74, 6) is -1.02. The van der Waals surface area contributed by atoms with Crippen LogP contribution in [-0.2, 0) is 9.59 Å². The Hall–Kier alpha value is -1.79. The molecule has 1 saturated heterocycles. The van der Waals surface area contributed by atoms with Gasteiger partial charge in [-0.1, -0.05) is 0 Å². The third kappa shape index (κ3) is 4.71. The van der Waals surface area contributed by atoms with E-state index in [0.717, 1.165) is 0 Å². The van der Waals surface area contributed by atoms with Crippen LogP contribution in [0.3, 0.4) is 0 Å². The zero-order chi connectivity index (χ0) is 12.8. The molecule has 3 N–H and O–H groups in total. The van der Waals surface area contributed by atoms with Crippen molar-refractivity contribution in [2.75, 3.05) is 19.6 Å². The van der Waals surface area contributed by atoms with Crippen molar-refractivity contribution in [2.45, 2.75) is 25.8 Å². The number of aliphatic carboxylic acids is 1. The normalized spacial score (nSPS) is 17.9. The van der Waals surface area contributed by atoms with Gasteiger partial charge in [-0.15, -0.1) is 0 Å². The average Bonchev–Trinajstić information content (AvgIpc) is 2.41. The van der Waals surface area contributed by atoms with Gasteiger partial charge < -0.3 is 20.6 Å². The van der Waals surface area contributed by atoms with Gasteiger partial charge in [-0.05, 0) is 6.92 Å². The molecule has 0 aromatic heterocycles. The molecule has 0 aromatic carbocycles. The third-order valence-corrected chi connectivity index (χ3v) is 2.45. The second-order valence-electron chi connectivity index (χ2n) is 4.04. The van der Waals surface area contributed by atoms with Gasteiger partial charge in [0.05, 0.1) is 6.42 Å². The minimum Gasteiger partial charge on any atom is -0.481 e. The van der Waals surface area contributed by atoms with Crippen molar-refractivity contribution in [3.63, 3.8) is 0 Å². The predicted octanol–water partition coefficient (Wildman–Crippen LogP) is -0.619. The molecule has 1 unspecified atom stereocenters. The van der Waals surface area contributed by atoms with E-state index in [1.54, 1.807) is 6.92 Å². The molecule has 7 nitrogen and oxygen atoms in total. The molecule has 1 fully saturated rings. The number of rotatable bonds is 3. The first-order chi connectivity index (χ1) is 7.99. The molecule has 96 valence electrons. The van der Waals surface area contributed by atoms with E-state index in [9.17, 15) is 14.4 Å². The Morgan fingerprint density at radius 2 is 2.24 bits per heavy atom. The van der Waals surface area contributed by atoms with E-state index in [4.69, 9.17) is 5.11 Å². The van der Waals surface area contributed by atoms with Crippen molar-refractivity contribution in [2.24, 2.45) is 0 Å². The fraction of sp³-hybridized carbons (Fsp3) is 0.700. The Balaban J connectivity index is 2.41. The number of carboxylic acids is 1. The summed E-state index contributed by atoms with van der Waals surface area (Å²) in [4.78, 5) is 34.8. The Morgan fingerprint density at radius 3 is 2.88 bits per heavy atom. The molecule has 3 amide bonds. The van der Waals surface area contributed by atoms with E-state index >= 15 is 0 Å². The van der Waals surface area contributed by atoms with E-state index in [0.29, 0.717) is 19.6 Å². The maximum atomic E-state index is 11.7. The highest BCUT2D eigenvalue weighted by Gasteiger charge is 2.20. The van der Waals surface area contributed by atoms with Crippen molar-refractivity contribution in [3.05, 3.63) is 0 Å². The van der Waals surface area contributed by atoms with E-state index in [-0.39, 0.29) is 24.8 Å². The summed E-state index contributed by atoms with van der Waals surface area (Å²) in [5, 5.41) is 13.8. The van der Waals surface area contributed by atoms with Gasteiger partial charge in [0.15, 0.2) is 0 Å². The highest BCUT2D eigenvalue weighted by molar-refractivity contribution is 5.79. The van der Waals surface area contributed by atoms with Crippen molar-refractivity contribution in [1.82, 2.24) is 15.5 Å². The topological polar surface area (TPSA) is 98.7 Å². The predicted molar refractivity (Wildman–Crippen MR) is 59.4 cm³/mol. The van der Waals surface area contributed by atoms with Crippen molar-refractivity contribution < 1.29 is 19.5 Å². The first-order valence-electron chi connectivity index (χ1n) is 5.53. The molecule has 0 radical (unpaired) electrons. The molecular formula is C10H17N3O4. The van der Waals surface area contributed by atoms with Crippen molar-refractivity contribution in [1.29, 1.82) is 0 Å². The Labute approximate surface area is 99.2 Å². The molecule has 7 heteroatoms. The van der Waals surface area contributed by atoms with Gasteiger partial charge in [-0.2, -0.15) is 0 Å². The Kier molecular flexibility index (Phi) is 4.74. The number of hydrogen-bond acceptors (Lipinski definition) is 3. The molecule has 17 heavy (non-hydrogen) atoms. The van der Waals surface area contributed by atoms with Gasteiger partial charge in [0.1, 0.15) is 0 Å². The number of hydrogen-bond donors (Lipinski definition) is 3. The molecule has 0 spiro atoms. The quantitative estimate of drug-likeness (QED) is 0.615. The molecule has 1 heterocycles. The molecule has 1 rings (SSSR count). The van der Waals surface area contributed by atoms with Gasteiger partial charge in [0.2, 0.25) is 5.91 Å². The first kappa shape index (κ1) is 13.3. The first-order valence-corrected chi connectivity index (χ1v) is 5.53. The summed E-state index contributed by atoms with van der Waals surface area (Å²) in [5.41, 5.74) is 0. The van der Waals surface area contributed by atoms with Gasteiger partial charge >= 0.3 is 12.0 Å². The van der Waals surface area contributed by atoms with Crippen LogP contribution in [0, 0.1) is 0 Å². The number of urea groups is 1. The second-order valence-corrected chi connectivity index (χ2v) is 4.04. The lowest BCUT2D eigenvalue weighted by molar-refractivity contribution is -0.137. The van der Waals surface area contributed by atoms with Crippen LogP contribution in [0.15, 0.2) is 0 Å². The standard InChI is InChI=1S/C10H17N3O4/c1-7(6-9(15)16)12-10(17)13-4-2-8(14)11-3-5-13/h7H,2-6H2,1H3,(H,11,14)(H,12,17)(H,15,16). The van der Waals surface area contributed by atoms with Crippen LogP contribution in [0.25, 0.3) is 0 Å². The zero-order valence-electron chi connectivity index (χ0n) is 9.73. The van der Waals surface area contributed by atoms with Crippen LogP contribution < -0.4 is 10.6 Å². The van der Waals surface area contributed by atoms with Crippen molar-refractivity contribution in [3.8, 4) is 0 Å². The van der Waals surface area contributed by atoms with Crippen LogP contribution in [0.2, 0.25) is 0 Å². The summed E-state index contributed by atoms with van der Waals surface area (Å²) in [6, 6.07) is -0.748. The lowest BCUT2D eigenvalue weighted by Gasteiger charge is -2.22. The maximum Gasteiger partial charge on any atom is 0.317 e. The minimum absolute atomic E-state index is 0.0705.